The predicted octanol–water partition coefficient (Wildman–Crippen LogP) is 6.31. The van der Waals surface area contributed by atoms with Crippen molar-refractivity contribution < 1.29 is 19.1 Å². The van der Waals surface area contributed by atoms with Crippen molar-refractivity contribution in [2.75, 3.05) is 19.5 Å². The maximum atomic E-state index is 13.0. The van der Waals surface area contributed by atoms with Crippen LogP contribution in [0, 0.1) is 0 Å². The molecule has 0 aromatic heterocycles. The molecule has 1 unspecified atom stereocenters. The van der Waals surface area contributed by atoms with Crippen LogP contribution in [0.4, 0.5) is 5.69 Å². The minimum atomic E-state index is -2.64. The Morgan fingerprint density at radius 2 is 1.00 bits per heavy atom. The second kappa shape index (κ2) is 12.8. The Morgan fingerprint density at radius 3 is 1.40 bits per heavy atom. The van der Waals surface area contributed by atoms with E-state index in [9.17, 15) is 9.59 Å². The molecule has 6 heteroatoms. The van der Waals surface area contributed by atoms with Crippen LogP contribution in [0.15, 0.2) is 133 Å². The molecule has 0 spiro atoms. The molecule has 5 rings (SSSR count). The largest absolute Gasteiger partial charge is 0.496 e. The molecular weight excluding hydrogens is 541 g/mol. The van der Waals surface area contributed by atoms with Gasteiger partial charge in [0, 0.05) is 6.92 Å². The quantitative estimate of drug-likeness (QED) is 0.157. The van der Waals surface area contributed by atoms with Crippen LogP contribution in [-0.4, -0.2) is 25.9 Å². The Hall–Kier alpha value is -4.73. The van der Waals surface area contributed by atoms with E-state index in [2.05, 4.69) is 90.2 Å². The molecule has 5 aromatic carbocycles. The van der Waals surface area contributed by atoms with E-state index in [-0.39, 0.29) is 5.66 Å². The molecule has 42 heavy (non-hydrogen) atoms. The first-order chi connectivity index (χ1) is 20.5. The van der Waals surface area contributed by atoms with Crippen molar-refractivity contribution in [2.45, 2.75) is 12.6 Å². The van der Waals surface area contributed by atoms with Crippen LogP contribution in [0.25, 0.3) is 0 Å². The second-order valence-corrected chi connectivity index (χ2v) is 13.3. The fraction of sp³-hybridized carbons (Fsp3) is 0.111. The third-order valence-corrected chi connectivity index (χ3v) is 12.1. The highest BCUT2D eigenvalue weighted by molar-refractivity contribution is 7.96. The Morgan fingerprint density at radius 1 is 0.595 bits per heavy atom. The molecule has 0 fully saturated rings. The van der Waals surface area contributed by atoms with Gasteiger partial charge in [-0.15, -0.1) is 0 Å². The van der Waals surface area contributed by atoms with E-state index >= 15 is 0 Å². The molecule has 0 saturated heterocycles. The van der Waals surface area contributed by atoms with Gasteiger partial charge in [0.2, 0.25) is 5.78 Å². The Kier molecular flexibility index (Phi) is 8.80. The van der Waals surface area contributed by atoms with E-state index < -0.39 is 19.0 Å². The van der Waals surface area contributed by atoms with Crippen LogP contribution in [0.3, 0.4) is 0 Å². The number of ketones is 1. The summed E-state index contributed by atoms with van der Waals surface area (Å²) in [7, 11) is 0.535. The van der Waals surface area contributed by atoms with Gasteiger partial charge in [0.15, 0.2) is 0 Å². The molecule has 0 bridgehead atoms. The van der Waals surface area contributed by atoms with Crippen LogP contribution >= 0.6 is 7.26 Å². The summed E-state index contributed by atoms with van der Waals surface area (Å²) in [6.45, 7) is 1.26. The maximum absolute atomic E-state index is 13.0. The van der Waals surface area contributed by atoms with E-state index in [4.69, 9.17) is 9.47 Å². The first-order valence-electron chi connectivity index (χ1n) is 13.7. The van der Waals surface area contributed by atoms with Crippen molar-refractivity contribution in [3.05, 3.63) is 145 Å². The number of carbonyl (C=O) groups is 2. The molecule has 0 aliphatic heterocycles. The number of Topliss-reactive ketones (excluding diaryl/α,β-unsaturated/α-hetero) is 1. The fourth-order valence-electron chi connectivity index (χ4n) is 5.63. The Balaban J connectivity index is 2.02. The Labute approximate surface area is 247 Å². The smallest absolute Gasteiger partial charge is 0.291 e. The van der Waals surface area contributed by atoms with E-state index in [1.54, 1.807) is 20.3 Å². The number of hydrogen-bond acceptors (Lipinski definition) is 4. The first kappa shape index (κ1) is 28.8. The molecule has 5 nitrogen and oxygen atoms in total. The van der Waals surface area contributed by atoms with Crippen LogP contribution in [0.5, 0.6) is 11.5 Å². The van der Waals surface area contributed by atoms with E-state index in [0.717, 1.165) is 27.0 Å². The molecule has 5 aromatic rings. The van der Waals surface area contributed by atoms with Gasteiger partial charge in [-0.25, -0.2) is 0 Å². The molecule has 0 radical (unpaired) electrons. The highest BCUT2D eigenvalue weighted by Gasteiger charge is 2.55. The van der Waals surface area contributed by atoms with Gasteiger partial charge in [0.25, 0.3) is 5.91 Å². The number of methoxy groups -OCH3 is 2. The molecule has 0 aliphatic rings. The number of hydrogen-bond donors (Lipinski definition) is 1. The number of anilines is 1. The zero-order chi connectivity index (χ0) is 29.5. The summed E-state index contributed by atoms with van der Waals surface area (Å²) in [5.41, 5.74) is 1.84. The lowest BCUT2D eigenvalue weighted by molar-refractivity contribution is -0.133. The highest BCUT2D eigenvalue weighted by atomic mass is 31.2. The van der Waals surface area contributed by atoms with Crippen LogP contribution < -0.4 is 30.7 Å². The van der Waals surface area contributed by atoms with Gasteiger partial charge >= 0.3 is 0 Å². The van der Waals surface area contributed by atoms with Gasteiger partial charge in [-0.2, -0.15) is 0 Å². The summed E-state index contributed by atoms with van der Waals surface area (Å²) in [5.74, 6) is -0.306. The van der Waals surface area contributed by atoms with Crippen molar-refractivity contribution in [1.82, 2.24) is 0 Å². The molecular formula is C36H33NO4P+. The highest BCUT2D eigenvalue weighted by Crippen LogP contribution is 2.71. The summed E-state index contributed by atoms with van der Waals surface area (Å²) in [6, 6.07) is 45.5. The fourth-order valence-corrected chi connectivity index (χ4v) is 10.6. The van der Waals surface area contributed by atoms with Gasteiger partial charge in [0.1, 0.15) is 40.3 Å². The SMILES string of the molecule is COc1ccc(OC)c(C(c2ccccc2)[P+](c2ccccc2)(c2ccccc2)c2ccccc2)c1NC(=O)C(C)=O. The average Bonchev–Trinajstić information content (AvgIpc) is 3.05. The average molecular weight is 575 g/mol. The summed E-state index contributed by atoms with van der Waals surface area (Å²) < 4.78 is 11.9. The van der Waals surface area contributed by atoms with E-state index in [0.29, 0.717) is 17.2 Å². The summed E-state index contributed by atoms with van der Waals surface area (Å²) >= 11 is 0. The number of carbonyl (C=O) groups excluding carboxylic acids is 2. The van der Waals surface area contributed by atoms with Crippen molar-refractivity contribution in [3.8, 4) is 11.5 Å². The van der Waals surface area contributed by atoms with E-state index in [1.165, 1.54) is 6.92 Å². The number of nitrogens with one attached hydrogen (secondary N) is 1. The minimum Gasteiger partial charge on any atom is -0.496 e. The first-order valence-corrected chi connectivity index (χ1v) is 15.6. The van der Waals surface area contributed by atoms with Crippen molar-refractivity contribution >= 4 is 40.6 Å². The summed E-state index contributed by atoms with van der Waals surface area (Å²) in [5, 5.41) is 6.38. The van der Waals surface area contributed by atoms with Gasteiger partial charge < -0.3 is 14.8 Å². The predicted molar refractivity (Wildman–Crippen MR) is 172 cm³/mol. The molecule has 1 atom stereocenters. The third kappa shape index (κ3) is 5.32. The Bertz CT molecular complexity index is 1560. The monoisotopic (exact) mass is 574 g/mol. The topological polar surface area (TPSA) is 64.6 Å². The minimum absolute atomic E-state index is 0.349. The second-order valence-electron chi connectivity index (χ2n) is 9.81. The van der Waals surface area contributed by atoms with Crippen LogP contribution in [0.2, 0.25) is 0 Å². The van der Waals surface area contributed by atoms with Gasteiger partial charge in [-0.05, 0) is 54.1 Å². The lowest BCUT2D eigenvalue weighted by Gasteiger charge is -2.37. The summed E-state index contributed by atoms with van der Waals surface area (Å²) in [4.78, 5) is 25.2. The lowest BCUT2D eigenvalue weighted by Crippen LogP contribution is -2.36. The molecule has 1 amide bonds. The number of amides is 1. The zero-order valence-electron chi connectivity index (χ0n) is 23.9. The molecule has 1 N–H and O–H groups in total. The number of ether oxygens (including phenoxy) is 2. The number of benzene rings is 5. The van der Waals surface area contributed by atoms with Crippen LogP contribution in [0.1, 0.15) is 23.7 Å². The number of rotatable bonds is 10. The van der Waals surface area contributed by atoms with Crippen molar-refractivity contribution in [2.24, 2.45) is 0 Å². The standard InChI is InChI=1S/C36H32NO4P/c1-26(38)36(39)37-34-32(41-3)25-24-31(40-2)33(34)35(27-16-8-4-9-17-27)42(28-18-10-5-11-19-28,29-20-12-6-13-21-29)30-22-14-7-15-23-30/h4-25,35H,1-3H3/p+1. The van der Waals surface area contributed by atoms with Gasteiger partial charge in [-0.3, -0.25) is 9.59 Å². The van der Waals surface area contributed by atoms with Crippen LogP contribution in [-0.2, 0) is 9.59 Å². The van der Waals surface area contributed by atoms with Gasteiger partial charge in [-0.1, -0.05) is 84.9 Å². The van der Waals surface area contributed by atoms with Crippen molar-refractivity contribution in [3.63, 3.8) is 0 Å². The third-order valence-electron chi connectivity index (χ3n) is 7.43. The van der Waals surface area contributed by atoms with Gasteiger partial charge in [0.05, 0.1) is 25.5 Å². The molecule has 0 saturated carbocycles. The lowest BCUT2D eigenvalue weighted by atomic mass is 10.00. The zero-order valence-corrected chi connectivity index (χ0v) is 24.8. The van der Waals surface area contributed by atoms with Crippen molar-refractivity contribution in [1.29, 1.82) is 0 Å². The normalized spacial score (nSPS) is 11.8. The molecule has 0 aliphatic carbocycles. The maximum Gasteiger partial charge on any atom is 0.291 e. The molecule has 210 valence electrons. The van der Waals surface area contributed by atoms with E-state index in [1.807, 2.05) is 42.5 Å². The molecule has 0 heterocycles. The summed E-state index contributed by atoms with van der Waals surface area (Å²) in [6.07, 6.45) is 0.